The summed E-state index contributed by atoms with van der Waals surface area (Å²) in [6.45, 7) is 0. The minimum Gasteiger partial charge on any atom is -0.309 e. The second kappa shape index (κ2) is 10.7. The van der Waals surface area contributed by atoms with Crippen LogP contribution in [-0.2, 0) is 6.42 Å². The molecule has 0 amide bonds. The van der Waals surface area contributed by atoms with Gasteiger partial charge in [-0.3, -0.25) is 4.98 Å². The fraction of sp³-hybridized carbons (Fsp3) is 0.0851. The summed E-state index contributed by atoms with van der Waals surface area (Å²) in [4.78, 5) is 4.30. The van der Waals surface area contributed by atoms with E-state index in [4.69, 9.17) is 0 Å². The number of benzene rings is 5. The molecule has 3 heterocycles. The van der Waals surface area contributed by atoms with Crippen molar-refractivity contribution < 1.29 is 0 Å². The van der Waals surface area contributed by atoms with Gasteiger partial charge in [0, 0.05) is 57.5 Å². The van der Waals surface area contributed by atoms with Crippen molar-refractivity contribution in [1.29, 1.82) is 0 Å². The first kappa shape index (κ1) is 27.7. The number of hydrogen-bond donors (Lipinski definition) is 0. The minimum absolute atomic E-state index is 0.326. The third-order valence-corrected chi connectivity index (χ3v) is 11.3. The molecule has 8 aromatic rings. The van der Waals surface area contributed by atoms with E-state index in [1.807, 2.05) is 12.4 Å². The van der Waals surface area contributed by atoms with Crippen LogP contribution in [0, 0.1) is 0 Å². The molecule has 0 saturated carbocycles. The van der Waals surface area contributed by atoms with Crippen LogP contribution < -0.4 is 0 Å². The molecule has 0 radical (unpaired) electrons. The van der Waals surface area contributed by atoms with E-state index in [9.17, 15) is 0 Å². The predicted octanol–water partition coefficient (Wildman–Crippen LogP) is 11.7. The summed E-state index contributed by atoms with van der Waals surface area (Å²) in [6, 6.07) is 43.2. The summed E-state index contributed by atoms with van der Waals surface area (Å²) in [7, 11) is 0. The van der Waals surface area contributed by atoms with Crippen molar-refractivity contribution in [2.45, 2.75) is 24.7 Å². The number of allylic oxidation sites excluding steroid dienone is 5. The fourth-order valence-corrected chi connectivity index (χ4v) is 9.06. The Labute approximate surface area is 290 Å². The molecule has 0 bridgehead atoms. The smallest absolute Gasteiger partial charge is 0.0543 e. The molecular weight excluding hydrogens is 607 g/mol. The number of aromatic nitrogens is 3. The average Bonchev–Trinajstić information content (AvgIpc) is 3.70. The SMILES string of the molecule is C1=CC2c3ccccc3-c3ccc(-n4c5ccccc5c5cc(-c6ccc7c8c(n(-c9ccncc9)c7c6)C=CCC8)ccc54)cc3C2C=C1. The van der Waals surface area contributed by atoms with Gasteiger partial charge in [-0.1, -0.05) is 97.1 Å². The topological polar surface area (TPSA) is 22.8 Å². The van der Waals surface area contributed by atoms with E-state index in [0.29, 0.717) is 11.8 Å². The monoisotopic (exact) mass is 639 g/mol. The molecule has 3 nitrogen and oxygen atoms in total. The van der Waals surface area contributed by atoms with E-state index in [-0.39, 0.29) is 0 Å². The van der Waals surface area contributed by atoms with Gasteiger partial charge in [-0.15, -0.1) is 0 Å². The van der Waals surface area contributed by atoms with Crippen molar-refractivity contribution >= 4 is 38.8 Å². The molecule has 11 rings (SSSR count). The van der Waals surface area contributed by atoms with E-state index in [1.54, 1.807) is 0 Å². The van der Waals surface area contributed by atoms with Gasteiger partial charge in [0.2, 0.25) is 0 Å². The van der Waals surface area contributed by atoms with Crippen LogP contribution in [0.25, 0.3) is 72.4 Å². The Balaban J connectivity index is 1.09. The molecule has 2 atom stereocenters. The number of hydrogen-bond acceptors (Lipinski definition) is 1. The van der Waals surface area contributed by atoms with E-state index in [1.165, 1.54) is 83.0 Å². The lowest BCUT2D eigenvalue weighted by Gasteiger charge is -2.34. The van der Waals surface area contributed by atoms with E-state index >= 15 is 0 Å². The second-order valence-electron chi connectivity index (χ2n) is 13.8. The molecule has 5 aromatic carbocycles. The van der Waals surface area contributed by atoms with E-state index in [2.05, 4.69) is 166 Å². The lowest BCUT2D eigenvalue weighted by Crippen LogP contribution is -2.16. The van der Waals surface area contributed by atoms with Crippen molar-refractivity contribution in [3.8, 4) is 33.6 Å². The standard InChI is InChI=1S/C47H33N3/c1-2-11-36-34(9-1)35-10-3-4-12-37(35)42-29-33(19-21-38(36)42)50-45-16-8-6-14-40(45)43-27-30(18-22-46(43)50)31-17-20-41-39-13-5-7-15-44(39)49(47(41)28-31)32-23-25-48-26-24-32/h1-4,6-12,14-29,35,37H,5,13H2. The summed E-state index contributed by atoms with van der Waals surface area (Å²) in [5, 5.41) is 3.88. The Morgan fingerprint density at radius 1 is 0.540 bits per heavy atom. The zero-order chi connectivity index (χ0) is 32.8. The summed E-state index contributed by atoms with van der Waals surface area (Å²) >= 11 is 0. The van der Waals surface area contributed by atoms with Crippen LogP contribution in [0.1, 0.15) is 40.6 Å². The van der Waals surface area contributed by atoms with Crippen molar-refractivity contribution in [1.82, 2.24) is 14.1 Å². The van der Waals surface area contributed by atoms with Crippen LogP contribution >= 0.6 is 0 Å². The third kappa shape index (κ3) is 3.95. The maximum Gasteiger partial charge on any atom is 0.0543 e. The Morgan fingerprint density at radius 3 is 2.22 bits per heavy atom. The first-order valence-electron chi connectivity index (χ1n) is 17.7. The number of aryl methyl sites for hydroxylation is 1. The predicted molar refractivity (Wildman–Crippen MR) is 207 cm³/mol. The van der Waals surface area contributed by atoms with Gasteiger partial charge in [-0.05, 0) is 106 Å². The van der Waals surface area contributed by atoms with Crippen LogP contribution in [-0.4, -0.2) is 14.1 Å². The van der Waals surface area contributed by atoms with Gasteiger partial charge in [0.25, 0.3) is 0 Å². The summed E-state index contributed by atoms with van der Waals surface area (Å²) < 4.78 is 4.87. The Hall–Kier alpha value is -6.19. The highest BCUT2D eigenvalue weighted by Gasteiger charge is 2.32. The van der Waals surface area contributed by atoms with Crippen LogP contribution in [0.4, 0.5) is 0 Å². The highest BCUT2D eigenvalue weighted by molar-refractivity contribution is 6.10. The molecule has 0 spiro atoms. The molecule has 0 saturated heterocycles. The molecule has 0 aliphatic heterocycles. The largest absolute Gasteiger partial charge is 0.309 e. The molecule has 3 aliphatic carbocycles. The van der Waals surface area contributed by atoms with Gasteiger partial charge in [0.05, 0.1) is 16.6 Å². The Bertz CT molecular complexity index is 2770. The second-order valence-corrected chi connectivity index (χ2v) is 13.8. The fourth-order valence-electron chi connectivity index (χ4n) is 9.06. The summed E-state index contributed by atoms with van der Waals surface area (Å²) in [5.41, 5.74) is 16.7. The number of nitrogens with zero attached hydrogens (tertiary/aromatic N) is 3. The van der Waals surface area contributed by atoms with Crippen molar-refractivity contribution in [2.24, 2.45) is 0 Å². The normalized spacial score (nSPS) is 17.2. The molecule has 3 aromatic heterocycles. The Kier molecular flexibility index (Phi) is 5.91. The zero-order valence-corrected chi connectivity index (χ0v) is 27.5. The highest BCUT2D eigenvalue weighted by atomic mass is 15.0. The van der Waals surface area contributed by atoms with Crippen molar-refractivity contribution in [2.75, 3.05) is 0 Å². The van der Waals surface area contributed by atoms with Gasteiger partial charge >= 0.3 is 0 Å². The van der Waals surface area contributed by atoms with Gasteiger partial charge in [-0.2, -0.15) is 0 Å². The van der Waals surface area contributed by atoms with Crippen molar-refractivity contribution in [3.05, 3.63) is 180 Å². The average molecular weight is 640 g/mol. The highest BCUT2D eigenvalue weighted by Crippen LogP contribution is 2.50. The van der Waals surface area contributed by atoms with Gasteiger partial charge in [0.15, 0.2) is 0 Å². The number of para-hydroxylation sites is 1. The first-order chi connectivity index (χ1) is 24.8. The maximum atomic E-state index is 4.30. The summed E-state index contributed by atoms with van der Waals surface area (Å²) in [6.07, 6.45) is 19.7. The van der Waals surface area contributed by atoms with E-state index in [0.717, 1.165) is 18.5 Å². The van der Waals surface area contributed by atoms with Crippen LogP contribution in [0.3, 0.4) is 0 Å². The zero-order valence-electron chi connectivity index (χ0n) is 27.5. The molecule has 0 N–H and O–H groups in total. The molecule has 0 fully saturated rings. The molecule has 2 unspecified atom stereocenters. The number of pyridine rings is 1. The van der Waals surface area contributed by atoms with E-state index < -0.39 is 0 Å². The maximum absolute atomic E-state index is 4.30. The van der Waals surface area contributed by atoms with Crippen LogP contribution in [0.5, 0.6) is 0 Å². The lowest BCUT2D eigenvalue weighted by molar-refractivity contribution is 0.719. The Morgan fingerprint density at radius 2 is 1.30 bits per heavy atom. The van der Waals surface area contributed by atoms with Gasteiger partial charge < -0.3 is 9.13 Å². The van der Waals surface area contributed by atoms with Gasteiger partial charge in [-0.25, -0.2) is 0 Å². The number of fused-ring (bicyclic) bond motifs is 12. The quantitative estimate of drug-likeness (QED) is 0.189. The van der Waals surface area contributed by atoms with Crippen LogP contribution in [0.15, 0.2) is 158 Å². The molecular formula is C47H33N3. The van der Waals surface area contributed by atoms with Crippen LogP contribution in [0.2, 0.25) is 0 Å². The lowest BCUT2D eigenvalue weighted by atomic mass is 9.70. The summed E-state index contributed by atoms with van der Waals surface area (Å²) in [5.74, 6) is 0.685. The van der Waals surface area contributed by atoms with Crippen molar-refractivity contribution in [3.63, 3.8) is 0 Å². The first-order valence-corrected chi connectivity index (χ1v) is 17.7. The molecule has 236 valence electrons. The third-order valence-electron chi connectivity index (χ3n) is 11.3. The minimum atomic E-state index is 0.326. The van der Waals surface area contributed by atoms with Gasteiger partial charge in [0.1, 0.15) is 0 Å². The molecule has 3 heteroatoms. The number of rotatable bonds is 3. The molecule has 3 aliphatic rings. The molecule has 50 heavy (non-hydrogen) atoms.